The molecule has 0 saturated carbocycles. The van der Waals surface area contributed by atoms with Gasteiger partial charge in [-0.3, -0.25) is 0 Å². The molecule has 0 spiro atoms. The normalized spacial score (nSPS) is 34.1. The van der Waals surface area contributed by atoms with Gasteiger partial charge in [-0.25, -0.2) is 0 Å². The van der Waals surface area contributed by atoms with E-state index in [0.717, 1.165) is 32.9 Å². The van der Waals surface area contributed by atoms with Gasteiger partial charge < -0.3 is 19.5 Å². The summed E-state index contributed by atoms with van der Waals surface area (Å²) in [6.07, 6.45) is 5.43. The minimum absolute atomic E-state index is 0.307. The molecule has 1 N–H and O–H groups in total. The van der Waals surface area contributed by atoms with Crippen molar-refractivity contribution >= 4 is 0 Å². The number of methoxy groups -OCH3 is 1. The van der Waals surface area contributed by atoms with Crippen LogP contribution in [0.2, 0.25) is 0 Å². The van der Waals surface area contributed by atoms with Crippen LogP contribution in [0.1, 0.15) is 25.7 Å². The van der Waals surface area contributed by atoms with E-state index in [2.05, 4.69) is 5.32 Å². The van der Waals surface area contributed by atoms with Crippen molar-refractivity contribution in [1.82, 2.24) is 5.32 Å². The van der Waals surface area contributed by atoms with Crippen LogP contribution in [-0.4, -0.2) is 52.2 Å². The van der Waals surface area contributed by atoms with Gasteiger partial charge in [0.15, 0.2) is 0 Å². The van der Waals surface area contributed by atoms with Crippen LogP contribution >= 0.6 is 0 Å². The maximum Gasteiger partial charge on any atom is 0.0876 e. The summed E-state index contributed by atoms with van der Waals surface area (Å²) >= 11 is 0. The molecule has 0 aliphatic carbocycles. The van der Waals surface area contributed by atoms with Gasteiger partial charge in [-0.15, -0.1) is 0 Å². The quantitative estimate of drug-likeness (QED) is 0.712. The molecule has 3 unspecified atom stereocenters. The molecule has 3 atom stereocenters. The van der Waals surface area contributed by atoms with Gasteiger partial charge in [0.2, 0.25) is 0 Å². The average molecular weight is 243 g/mol. The first kappa shape index (κ1) is 13.3. The molecule has 4 heteroatoms. The molecule has 2 aliphatic rings. The first-order valence-electron chi connectivity index (χ1n) is 6.84. The Labute approximate surface area is 104 Å². The fraction of sp³-hybridized carbons (Fsp3) is 1.00. The van der Waals surface area contributed by atoms with E-state index in [9.17, 15) is 0 Å². The Morgan fingerprint density at radius 1 is 1.18 bits per heavy atom. The van der Waals surface area contributed by atoms with Crippen LogP contribution in [0.25, 0.3) is 0 Å². The molecule has 0 radical (unpaired) electrons. The van der Waals surface area contributed by atoms with Gasteiger partial charge in [0.25, 0.3) is 0 Å². The van der Waals surface area contributed by atoms with Crippen molar-refractivity contribution in [3.8, 4) is 0 Å². The highest BCUT2D eigenvalue weighted by atomic mass is 16.5. The summed E-state index contributed by atoms with van der Waals surface area (Å²) in [6.45, 7) is 4.53. The summed E-state index contributed by atoms with van der Waals surface area (Å²) in [5.74, 6) is 0.601. The van der Waals surface area contributed by atoms with Crippen LogP contribution in [-0.2, 0) is 14.2 Å². The summed E-state index contributed by atoms with van der Waals surface area (Å²) in [5.41, 5.74) is 0. The van der Waals surface area contributed by atoms with Crippen molar-refractivity contribution < 1.29 is 14.2 Å². The van der Waals surface area contributed by atoms with E-state index in [0.29, 0.717) is 18.1 Å². The number of nitrogens with one attached hydrogen (secondary N) is 1. The molecule has 0 aromatic carbocycles. The summed E-state index contributed by atoms with van der Waals surface area (Å²) < 4.78 is 16.7. The molecule has 2 heterocycles. The predicted molar refractivity (Wildman–Crippen MR) is 66.2 cm³/mol. The molecule has 0 bridgehead atoms. The van der Waals surface area contributed by atoms with Crippen LogP contribution < -0.4 is 5.32 Å². The average Bonchev–Trinajstić information content (AvgIpc) is 2.89. The minimum Gasteiger partial charge on any atom is -0.383 e. The first-order chi connectivity index (χ1) is 8.42. The largest absolute Gasteiger partial charge is 0.383 e. The lowest BCUT2D eigenvalue weighted by Gasteiger charge is -2.35. The molecule has 2 saturated heterocycles. The fourth-order valence-electron chi connectivity index (χ4n) is 2.82. The van der Waals surface area contributed by atoms with Crippen molar-refractivity contribution in [2.45, 2.75) is 37.9 Å². The van der Waals surface area contributed by atoms with Gasteiger partial charge in [0.05, 0.1) is 18.8 Å². The number of rotatable bonds is 6. The van der Waals surface area contributed by atoms with E-state index in [1.807, 2.05) is 0 Å². The fourth-order valence-corrected chi connectivity index (χ4v) is 2.82. The van der Waals surface area contributed by atoms with Crippen molar-refractivity contribution in [3.05, 3.63) is 0 Å². The Kier molecular flexibility index (Phi) is 5.71. The van der Waals surface area contributed by atoms with E-state index >= 15 is 0 Å². The third-order valence-corrected chi connectivity index (χ3v) is 3.71. The molecule has 2 aliphatic heterocycles. The second kappa shape index (κ2) is 7.31. The molecule has 2 rings (SSSR count). The highest BCUT2D eigenvalue weighted by molar-refractivity contribution is 4.85. The van der Waals surface area contributed by atoms with Crippen molar-refractivity contribution in [1.29, 1.82) is 0 Å². The van der Waals surface area contributed by atoms with Crippen molar-refractivity contribution in [2.75, 3.05) is 40.0 Å². The monoisotopic (exact) mass is 243 g/mol. The SMILES string of the molecule is COCCNCC1CCCOC1C1CCCO1. The minimum atomic E-state index is 0.307. The lowest BCUT2D eigenvalue weighted by Crippen LogP contribution is -2.44. The maximum absolute atomic E-state index is 5.94. The Morgan fingerprint density at radius 3 is 2.76 bits per heavy atom. The van der Waals surface area contributed by atoms with Gasteiger partial charge >= 0.3 is 0 Å². The second-order valence-corrected chi connectivity index (χ2v) is 4.99. The number of ether oxygens (including phenoxy) is 3. The van der Waals surface area contributed by atoms with E-state index < -0.39 is 0 Å². The smallest absolute Gasteiger partial charge is 0.0876 e. The van der Waals surface area contributed by atoms with Crippen LogP contribution in [0.5, 0.6) is 0 Å². The highest BCUT2D eigenvalue weighted by Gasteiger charge is 2.34. The summed E-state index contributed by atoms with van der Waals surface area (Å²) in [4.78, 5) is 0. The van der Waals surface area contributed by atoms with Crippen LogP contribution in [0.15, 0.2) is 0 Å². The molecule has 0 aromatic rings. The second-order valence-electron chi connectivity index (χ2n) is 4.99. The van der Waals surface area contributed by atoms with Crippen molar-refractivity contribution in [2.24, 2.45) is 5.92 Å². The molecule has 0 amide bonds. The van der Waals surface area contributed by atoms with Gasteiger partial charge in [0.1, 0.15) is 0 Å². The zero-order valence-electron chi connectivity index (χ0n) is 10.8. The standard InChI is InChI=1S/C13H25NO3/c1-15-9-6-14-10-11-4-2-8-17-13(11)12-5-3-7-16-12/h11-14H,2-10H2,1H3. The molecule has 0 aromatic heterocycles. The molecular weight excluding hydrogens is 218 g/mol. The van der Waals surface area contributed by atoms with E-state index in [-0.39, 0.29) is 0 Å². The molecular formula is C13H25NO3. The Bertz CT molecular complexity index is 207. The first-order valence-corrected chi connectivity index (χ1v) is 6.84. The van der Waals surface area contributed by atoms with Crippen LogP contribution in [0.4, 0.5) is 0 Å². The molecule has 100 valence electrons. The van der Waals surface area contributed by atoms with E-state index in [1.165, 1.54) is 25.7 Å². The number of hydrogen-bond acceptors (Lipinski definition) is 4. The summed E-state index contributed by atoms with van der Waals surface area (Å²) in [5, 5.41) is 3.45. The lowest BCUT2D eigenvalue weighted by atomic mass is 9.89. The van der Waals surface area contributed by atoms with Gasteiger partial charge in [-0.05, 0) is 25.7 Å². The Morgan fingerprint density at radius 2 is 2.00 bits per heavy atom. The zero-order chi connectivity index (χ0) is 11.9. The third kappa shape index (κ3) is 3.91. The van der Waals surface area contributed by atoms with Gasteiger partial charge in [-0.2, -0.15) is 0 Å². The summed E-state index contributed by atoms with van der Waals surface area (Å²) in [7, 11) is 1.74. The van der Waals surface area contributed by atoms with E-state index in [1.54, 1.807) is 7.11 Å². The third-order valence-electron chi connectivity index (χ3n) is 3.71. The summed E-state index contributed by atoms with van der Waals surface area (Å²) in [6, 6.07) is 0. The lowest BCUT2D eigenvalue weighted by molar-refractivity contribution is -0.0999. The number of hydrogen-bond donors (Lipinski definition) is 1. The van der Waals surface area contributed by atoms with Crippen LogP contribution in [0.3, 0.4) is 0 Å². The molecule has 4 nitrogen and oxygen atoms in total. The molecule has 17 heavy (non-hydrogen) atoms. The highest BCUT2D eigenvalue weighted by Crippen LogP contribution is 2.29. The zero-order valence-corrected chi connectivity index (χ0v) is 10.8. The van der Waals surface area contributed by atoms with Gasteiger partial charge in [-0.1, -0.05) is 0 Å². The van der Waals surface area contributed by atoms with E-state index in [4.69, 9.17) is 14.2 Å². The Balaban J connectivity index is 1.75. The van der Waals surface area contributed by atoms with Gasteiger partial charge in [0, 0.05) is 39.3 Å². The maximum atomic E-state index is 5.94. The van der Waals surface area contributed by atoms with Crippen LogP contribution in [0, 0.1) is 5.92 Å². The molecule has 2 fully saturated rings. The topological polar surface area (TPSA) is 39.7 Å². The van der Waals surface area contributed by atoms with Crippen molar-refractivity contribution in [3.63, 3.8) is 0 Å². The Hall–Kier alpha value is -0.160. The predicted octanol–water partition coefficient (Wildman–Crippen LogP) is 1.20.